The predicted octanol–water partition coefficient (Wildman–Crippen LogP) is 2.89. The van der Waals surface area contributed by atoms with Crippen LogP contribution in [0.4, 0.5) is 0 Å². The molecule has 0 amide bonds. The number of hydrogen-bond acceptors (Lipinski definition) is 2. The first-order valence-electron chi connectivity index (χ1n) is 7.20. The zero-order valence-electron chi connectivity index (χ0n) is 11.6. The molecule has 0 aromatic carbocycles. The van der Waals surface area contributed by atoms with Crippen LogP contribution < -0.4 is 5.32 Å². The van der Waals surface area contributed by atoms with E-state index in [1.165, 1.54) is 45.3 Å². The van der Waals surface area contributed by atoms with Gasteiger partial charge in [-0.15, -0.1) is 0 Å². The van der Waals surface area contributed by atoms with E-state index in [0.717, 1.165) is 18.0 Å². The lowest BCUT2D eigenvalue weighted by Crippen LogP contribution is -2.53. The highest BCUT2D eigenvalue weighted by Gasteiger charge is 2.31. The lowest BCUT2D eigenvalue weighted by molar-refractivity contribution is 0.111. The van der Waals surface area contributed by atoms with Gasteiger partial charge in [-0.2, -0.15) is 0 Å². The fourth-order valence-corrected chi connectivity index (χ4v) is 3.01. The molecule has 16 heavy (non-hydrogen) atoms. The Morgan fingerprint density at radius 2 is 1.81 bits per heavy atom. The van der Waals surface area contributed by atoms with Gasteiger partial charge in [-0.3, -0.25) is 4.90 Å². The van der Waals surface area contributed by atoms with Crippen molar-refractivity contribution in [2.24, 2.45) is 5.92 Å². The average molecular weight is 226 g/mol. The van der Waals surface area contributed by atoms with Crippen LogP contribution in [-0.2, 0) is 0 Å². The van der Waals surface area contributed by atoms with Crippen molar-refractivity contribution in [2.75, 3.05) is 19.6 Å². The fourth-order valence-electron chi connectivity index (χ4n) is 3.01. The molecule has 1 N–H and O–H groups in total. The van der Waals surface area contributed by atoms with E-state index in [-0.39, 0.29) is 0 Å². The van der Waals surface area contributed by atoms with Crippen molar-refractivity contribution in [3.05, 3.63) is 0 Å². The molecule has 0 saturated heterocycles. The molecule has 0 radical (unpaired) electrons. The highest BCUT2D eigenvalue weighted by Crippen LogP contribution is 2.27. The Morgan fingerprint density at radius 1 is 1.12 bits per heavy atom. The molecule has 0 bridgehead atoms. The highest BCUT2D eigenvalue weighted by molar-refractivity contribution is 4.89. The summed E-state index contributed by atoms with van der Waals surface area (Å²) in [6, 6.07) is 1.50. The van der Waals surface area contributed by atoms with Crippen molar-refractivity contribution in [3.8, 4) is 0 Å². The molecule has 1 saturated carbocycles. The number of rotatable bonds is 6. The van der Waals surface area contributed by atoms with Gasteiger partial charge in [-0.25, -0.2) is 0 Å². The second-order valence-corrected chi connectivity index (χ2v) is 5.27. The molecule has 1 aliphatic rings. The molecule has 0 aliphatic heterocycles. The summed E-state index contributed by atoms with van der Waals surface area (Å²) in [4.78, 5) is 2.64. The van der Waals surface area contributed by atoms with E-state index in [4.69, 9.17) is 0 Å². The van der Waals surface area contributed by atoms with Crippen LogP contribution in [0.3, 0.4) is 0 Å². The van der Waals surface area contributed by atoms with Gasteiger partial charge in [0, 0.05) is 12.1 Å². The van der Waals surface area contributed by atoms with Gasteiger partial charge in [0.2, 0.25) is 0 Å². The molecule has 3 unspecified atom stereocenters. The monoisotopic (exact) mass is 226 g/mol. The summed E-state index contributed by atoms with van der Waals surface area (Å²) in [6.45, 7) is 12.8. The van der Waals surface area contributed by atoms with Crippen LogP contribution in [-0.4, -0.2) is 36.6 Å². The van der Waals surface area contributed by atoms with E-state index < -0.39 is 0 Å². The molecular weight excluding hydrogens is 196 g/mol. The van der Waals surface area contributed by atoms with Crippen LogP contribution >= 0.6 is 0 Å². The topological polar surface area (TPSA) is 15.3 Å². The lowest BCUT2D eigenvalue weighted by atomic mass is 9.82. The Kier molecular flexibility index (Phi) is 6.37. The zero-order valence-corrected chi connectivity index (χ0v) is 11.6. The van der Waals surface area contributed by atoms with Crippen molar-refractivity contribution in [2.45, 2.75) is 65.5 Å². The Bertz CT molecular complexity index is 176. The Hall–Kier alpha value is -0.0800. The summed E-state index contributed by atoms with van der Waals surface area (Å²) in [5.41, 5.74) is 0. The summed E-state index contributed by atoms with van der Waals surface area (Å²) in [7, 11) is 0. The van der Waals surface area contributed by atoms with Crippen LogP contribution in [0.25, 0.3) is 0 Å². The van der Waals surface area contributed by atoms with E-state index in [1.54, 1.807) is 0 Å². The van der Waals surface area contributed by atoms with Gasteiger partial charge >= 0.3 is 0 Å². The minimum absolute atomic E-state index is 0.732. The SMILES string of the molecule is CCCNC1CCC(C)CC1N(CC)CC. The van der Waals surface area contributed by atoms with Crippen LogP contribution in [0.1, 0.15) is 53.4 Å². The second-order valence-electron chi connectivity index (χ2n) is 5.27. The third-order valence-corrected chi connectivity index (χ3v) is 4.02. The Labute approximate surface area is 102 Å². The molecule has 0 aromatic rings. The van der Waals surface area contributed by atoms with Gasteiger partial charge in [-0.1, -0.05) is 27.7 Å². The van der Waals surface area contributed by atoms with Crippen molar-refractivity contribution in [1.82, 2.24) is 10.2 Å². The van der Waals surface area contributed by atoms with Crippen molar-refractivity contribution in [1.29, 1.82) is 0 Å². The van der Waals surface area contributed by atoms with Crippen LogP contribution in [0.2, 0.25) is 0 Å². The van der Waals surface area contributed by atoms with Crippen LogP contribution in [0, 0.1) is 5.92 Å². The summed E-state index contributed by atoms with van der Waals surface area (Å²) in [5.74, 6) is 0.908. The minimum Gasteiger partial charge on any atom is -0.312 e. The maximum atomic E-state index is 3.75. The first kappa shape index (κ1) is 14.0. The minimum atomic E-state index is 0.732. The smallest absolute Gasteiger partial charge is 0.0251 e. The number of nitrogens with zero attached hydrogens (tertiary/aromatic N) is 1. The van der Waals surface area contributed by atoms with Crippen molar-refractivity contribution >= 4 is 0 Å². The first-order valence-corrected chi connectivity index (χ1v) is 7.20. The largest absolute Gasteiger partial charge is 0.312 e. The maximum absolute atomic E-state index is 3.75. The molecule has 1 fully saturated rings. The first-order chi connectivity index (χ1) is 7.72. The van der Waals surface area contributed by atoms with Crippen LogP contribution in [0.5, 0.6) is 0 Å². The normalized spacial score (nSPS) is 30.9. The molecule has 3 atom stereocenters. The third-order valence-electron chi connectivity index (χ3n) is 4.02. The van der Waals surface area contributed by atoms with E-state index in [9.17, 15) is 0 Å². The molecule has 2 heteroatoms. The molecule has 0 spiro atoms. The molecule has 2 nitrogen and oxygen atoms in total. The Balaban J connectivity index is 2.56. The zero-order chi connectivity index (χ0) is 12.0. The second kappa shape index (κ2) is 7.29. The average Bonchev–Trinajstić information content (AvgIpc) is 2.30. The lowest BCUT2D eigenvalue weighted by Gasteiger charge is -2.42. The van der Waals surface area contributed by atoms with Gasteiger partial charge in [0.1, 0.15) is 0 Å². The van der Waals surface area contributed by atoms with Crippen LogP contribution in [0.15, 0.2) is 0 Å². The van der Waals surface area contributed by atoms with E-state index in [2.05, 4.69) is 37.9 Å². The molecular formula is C14H30N2. The third kappa shape index (κ3) is 3.74. The number of likely N-dealkylation sites (N-methyl/N-ethyl adjacent to an activating group) is 1. The van der Waals surface area contributed by atoms with Gasteiger partial charge in [-0.05, 0) is 51.2 Å². The van der Waals surface area contributed by atoms with Gasteiger partial charge < -0.3 is 5.32 Å². The summed E-state index contributed by atoms with van der Waals surface area (Å²) < 4.78 is 0. The van der Waals surface area contributed by atoms with E-state index in [0.29, 0.717) is 0 Å². The van der Waals surface area contributed by atoms with Crippen molar-refractivity contribution < 1.29 is 0 Å². The fraction of sp³-hybridized carbons (Fsp3) is 1.00. The van der Waals surface area contributed by atoms with E-state index >= 15 is 0 Å². The molecule has 0 heterocycles. The number of nitrogens with one attached hydrogen (secondary N) is 1. The van der Waals surface area contributed by atoms with Crippen molar-refractivity contribution in [3.63, 3.8) is 0 Å². The van der Waals surface area contributed by atoms with Gasteiger partial charge in [0.05, 0.1) is 0 Å². The highest BCUT2D eigenvalue weighted by atomic mass is 15.2. The predicted molar refractivity (Wildman–Crippen MR) is 71.8 cm³/mol. The van der Waals surface area contributed by atoms with E-state index in [1.807, 2.05) is 0 Å². The quantitative estimate of drug-likeness (QED) is 0.749. The standard InChI is InChI=1S/C14H30N2/c1-5-10-15-13-9-8-12(4)11-14(13)16(6-2)7-3/h12-15H,5-11H2,1-4H3. The maximum Gasteiger partial charge on any atom is 0.0251 e. The summed E-state index contributed by atoms with van der Waals surface area (Å²) in [6.07, 6.45) is 5.39. The van der Waals surface area contributed by atoms with Gasteiger partial charge in [0.15, 0.2) is 0 Å². The molecule has 96 valence electrons. The molecule has 0 aromatic heterocycles. The summed E-state index contributed by atoms with van der Waals surface area (Å²) in [5, 5.41) is 3.75. The Morgan fingerprint density at radius 3 is 2.38 bits per heavy atom. The van der Waals surface area contributed by atoms with Gasteiger partial charge in [0.25, 0.3) is 0 Å². The molecule has 1 rings (SSSR count). The molecule has 1 aliphatic carbocycles. The number of hydrogen-bond donors (Lipinski definition) is 1. The summed E-state index contributed by atoms with van der Waals surface area (Å²) >= 11 is 0.